The van der Waals surface area contributed by atoms with E-state index in [1.54, 1.807) is 0 Å². The van der Waals surface area contributed by atoms with E-state index in [0.717, 1.165) is 11.1 Å². The molecule has 0 N–H and O–H groups in total. The van der Waals surface area contributed by atoms with Crippen LogP contribution in [0.1, 0.15) is 11.1 Å². The van der Waals surface area contributed by atoms with Gasteiger partial charge in [-0.3, -0.25) is 0 Å². The van der Waals surface area contributed by atoms with Crippen molar-refractivity contribution in [3.8, 4) is 21.3 Å². The van der Waals surface area contributed by atoms with E-state index in [-0.39, 0.29) is 0 Å². The summed E-state index contributed by atoms with van der Waals surface area (Å²) in [4.78, 5) is 0. The van der Waals surface area contributed by atoms with Crippen molar-refractivity contribution in [2.45, 2.75) is 0 Å². The molecule has 0 spiro atoms. The fourth-order valence-corrected chi connectivity index (χ4v) is 1.40. The molecule has 0 aromatic heterocycles. The molecule has 0 aliphatic carbocycles. The molecule has 0 aliphatic rings. The standard InChI is InChI=1S/C10H4Ge2/c11-7-5-9-3-1-2-4-10(9)6-8-12/h1-4H. The molecule has 0 nitrogen and oxygen atoms in total. The number of hydrogen-bond acceptors (Lipinski definition) is 0. The molecule has 0 heterocycles. The molecule has 52 valence electrons. The molecule has 1 aromatic carbocycles. The van der Waals surface area contributed by atoms with Crippen LogP contribution in [0.4, 0.5) is 0 Å². The third-order valence-electron chi connectivity index (χ3n) is 1.32. The van der Waals surface area contributed by atoms with E-state index in [2.05, 4.69) is 21.3 Å². The van der Waals surface area contributed by atoms with Gasteiger partial charge in [-0.25, -0.2) is 0 Å². The Morgan fingerprint density at radius 2 is 1.25 bits per heavy atom. The molecule has 12 heavy (non-hydrogen) atoms. The van der Waals surface area contributed by atoms with Gasteiger partial charge in [0.1, 0.15) is 0 Å². The van der Waals surface area contributed by atoms with Crippen molar-refractivity contribution in [3.63, 3.8) is 0 Å². The van der Waals surface area contributed by atoms with Gasteiger partial charge in [-0.15, -0.1) is 0 Å². The Labute approximate surface area is 89.6 Å². The summed E-state index contributed by atoms with van der Waals surface area (Å²) in [5.74, 6) is 6.02. The van der Waals surface area contributed by atoms with Crippen LogP contribution in [0.25, 0.3) is 0 Å². The van der Waals surface area contributed by atoms with Crippen LogP contribution >= 0.6 is 0 Å². The van der Waals surface area contributed by atoms with Gasteiger partial charge < -0.3 is 0 Å². The molecule has 0 fully saturated rings. The zero-order valence-electron chi connectivity index (χ0n) is 6.31. The van der Waals surface area contributed by atoms with Crippen molar-refractivity contribution in [1.29, 1.82) is 0 Å². The Hall–Kier alpha value is -0.574. The second kappa shape index (κ2) is 5.14. The fraction of sp³-hybridized carbons (Fsp3) is 0. The summed E-state index contributed by atoms with van der Waals surface area (Å²) in [5.41, 5.74) is 2.02. The number of rotatable bonds is 0. The molecule has 2 heteroatoms. The Kier molecular flexibility index (Phi) is 4.07. The van der Waals surface area contributed by atoms with Crippen LogP contribution < -0.4 is 0 Å². The molecule has 0 atom stereocenters. The van der Waals surface area contributed by atoms with Gasteiger partial charge in [0, 0.05) is 0 Å². The molecule has 1 rings (SSSR count). The second-order valence-corrected chi connectivity index (χ2v) is 3.09. The SMILES string of the molecule is [Ge][C]#Cc1ccccc1C#[C][Ge]. The molecule has 0 unspecified atom stereocenters. The van der Waals surface area contributed by atoms with Crippen LogP contribution in [0, 0.1) is 21.3 Å². The Bertz CT molecular complexity index is 347. The normalized spacial score (nSPS) is 7.50. The fourth-order valence-electron chi connectivity index (χ4n) is 0.836. The van der Waals surface area contributed by atoms with Gasteiger partial charge in [0.05, 0.1) is 0 Å². The van der Waals surface area contributed by atoms with Gasteiger partial charge in [-0.1, -0.05) is 0 Å². The van der Waals surface area contributed by atoms with E-state index >= 15 is 0 Å². The first kappa shape index (κ1) is 9.51. The minimum atomic E-state index is 1.01. The molecular formula is C10H4Ge2. The first-order valence-electron chi connectivity index (χ1n) is 3.33. The van der Waals surface area contributed by atoms with Crippen molar-refractivity contribution in [2.75, 3.05) is 0 Å². The summed E-state index contributed by atoms with van der Waals surface area (Å²) < 4.78 is 5.73. The molecular weight excluding hydrogens is 265 g/mol. The van der Waals surface area contributed by atoms with E-state index < -0.39 is 0 Å². The summed E-state index contributed by atoms with van der Waals surface area (Å²) in [7, 11) is 0. The van der Waals surface area contributed by atoms with Crippen LogP contribution in [-0.4, -0.2) is 33.0 Å². The zero-order valence-corrected chi connectivity index (χ0v) is 10.5. The number of hydrogen-bond donors (Lipinski definition) is 0. The van der Waals surface area contributed by atoms with Gasteiger partial charge in [0.15, 0.2) is 0 Å². The Balaban J connectivity index is 3.20. The average Bonchev–Trinajstić information content (AvgIpc) is 2.09. The molecule has 6 radical (unpaired) electrons. The maximum absolute atomic E-state index is 3.01. The summed E-state index contributed by atoms with van der Waals surface area (Å²) >= 11 is 3.66. The first-order chi connectivity index (χ1) is 5.88. The van der Waals surface area contributed by atoms with Gasteiger partial charge in [0.25, 0.3) is 0 Å². The van der Waals surface area contributed by atoms with Crippen LogP contribution in [0.2, 0.25) is 0 Å². The van der Waals surface area contributed by atoms with Crippen LogP contribution in [0.5, 0.6) is 0 Å². The molecule has 0 saturated heterocycles. The van der Waals surface area contributed by atoms with Crippen molar-refractivity contribution in [2.24, 2.45) is 0 Å². The monoisotopic (exact) mass is 272 g/mol. The predicted molar refractivity (Wildman–Crippen MR) is 51.7 cm³/mol. The molecule has 1 aromatic rings. The summed E-state index contributed by atoms with van der Waals surface area (Å²) in [5, 5.41) is 0. The summed E-state index contributed by atoms with van der Waals surface area (Å²) in [6.45, 7) is 0. The van der Waals surface area contributed by atoms with Crippen LogP contribution in [0.3, 0.4) is 0 Å². The predicted octanol–water partition coefficient (Wildman–Crippen LogP) is 0.642. The van der Waals surface area contributed by atoms with E-state index in [0.29, 0.717) is 0 Å². The first-order valence-corrected chi connectivity index (χ1v) is 5.43. The van der Waals surface area contributed by atoms with Crippen LogP contribution in [-0.2, 0) is 0 Å². The van der Waals surface area contributed by atoms with Crippen molar-refractivity contribution in [1.82, 2.24) is 0 Å². The van der Waals surface area contributed by atoms with Gasteiger partial charge >= 0.3 is 89.8 Å². The van der Waals surface area contributed by atoms with Crippen molar-refractivity contribution < 1.29 is 0 Å². The minimum absolute atomic E-state index is 1.01. The number of benzene rings is 1. The van der Waals surface area contributed by atoms with E-state index in [4.69, 9.17) is 0 Å². The van der Waals surface area contributed by atoms with Crippen molar-refractivity contribution in [3.05, 3.63) is 35.4 Å². The van der Waals surface area contributed by atoms with E-state index in [9.17, 15) is 0 Å². The maximum atomic E-state index is 3.01. The Morgan fingerprint density at radius 1 is 0.833 bits per heavy atom. The van der Waals surface area contributed by atoms with E-state index in [1.807, 2.05) is 57.3 Å². The van der Waals surface area contributed by atoms with Gasteiger partial charge in [-0.05, 0) is 0 Å². The quantitative estimate of drug-likeness (QED) is 0.479. The molecule has 0 bridgehead atoms. The molecule has 0 aliphatic heterocycles. The average molecular weight is 269 g/mol. The Morgan fingerprint density at radius 3 is 1.58 bits per heavy atom. The topological polar surface area (TPSA) is 0 Å². The third kappa shape index (κ3) is 2.48. The molecule has 0 saturated carbocycles. The van der Waals surface area contributed by atoms with Gasteiger partial charge in [-0.2, -0.15) is 0 Å². The van der Waals surface area contributed by atoms with E-state index in [1.165, 1.54) is 0 Å². The third-order valence-corrected chi connectivity index (χ3v) is 1.85. The van der Waals surface area contributed by atoms with Crippen molar-refractivity contribution >= 4 is 33.0 Å². The van der Waals surface area contributed by atoms with Crippen LogP contribution in [0.15, 0.2) is 24.3 Å². The summed E-state index contributed by atoms with van der Waals surface area (Å²) in [6, 6.07) is 7.91. The second-order valence-electron chi connectivity index (χ2n) is 2.05. The zero-order chi connectivity index (χ0) is 8.81. The molecule has 0 amide bonds. The van der Waals surface area contributed by atoms with Gasteiger partial charge in [0.2, 0.25) is 0 Å². The summed E-state index contributed by atoms with van der Waals surface area (Å²) in [6.07, 6.45) is 0.